The molecule has 150 valence electrons. The fraction of sp³-hybridized carbons (Fsp3) is 0.200. The SMILES string of the molecule is CCOc1cc(/C=C2\C(=O)NC(=O)N(c3ccncc3)C2=O)cc(Cl)c1OCC. The Kier molecular flexibility index (Phi) is 6.13. The number of amides is 4. The monoisotopic (exact) mass is 415 g/mol. The zero-order chi connectivity index (χ0) is 21.0. The van der Waals surface area contributed by atoms with E-state index in [0.717, 1.165) is 4.90 Å². The highest BCUT2D eigenvalue weighted by Crippen LogP contribution is 2.37. The van der Waals surface area contributed by atoms with Crippen LogP contribution in [0.3, 0.4) is 0 Å². The van der Waals surface area contributed by atoms with Gasteiger partial charge >= 0.3 is 6.03 Å². The highest BCUT2D eigenvalue weighted by atomic mass is 35.5. The summed E-state index contributed by atoms with van der Waals surface area (Å²) in [5.74, 6) is -0.785. The molecule has 1 aromatic heterocycles. The molecule has 0 bridgehead atoms. The second kappa shape index (κ2) is 8.74. The van der Waals surface area contributed by atoms with Crippen molar-refractivity contribution >= 4 is 41.2 Å². The second-order valence-corrected chi connectivity index (χ2v) is 6.27. The molecule has 2 heterocycles. The summed E-state index contributed by atoms with van der Waals surface area (Å²) in [7, 11) is 0. The molecule has 0 unspecified atom stereocenters. The maximum absolute atomic E-state index is 12.9. The van der Waals surface area contributed by atoms with E-state index < -0.39 is 17.8 Å². The molecule has 3 rings (SSSR count). The van der Waals surface area contributed by atoms with Crippen LogP contribution in [0.2, 0.25) is 5.02 Å². The Balaban J connectivity index is 2.03. The molecule has 29 heavy (non-hydrogen) atoms. The van der Waals surface area contributed by atoms with Crippen molar-refractivity contribution in [1.29, 1.82) is 0 Å². The molecule has 9 heteroatoms. The first-order valence-electron chi connectivity index (χ1n) is 8.86. The number of aromatic nitrogens is 1. The van der Waals surface area contributed by atoms with Crippen molar-refractivity contribution in [3.63, 3.8) is 0 Å². The number of rotatable bonds is 6. The largest absolute Gasteiger partial charge is 0.490 e. The van der Waals surface area contributed by atoms with Crippen LogP contribution in [0.5, 0.6) is 11.5 Å². The van der Waals surface area contributed by atoms with Gasteiger partial charge in [0.2, 0.25) is 0 Å². The number of barbiturate groups is 1. The van der Waals surface area contributed by atoms with Crippen molar-refractivity contribution in [2.24, 2.45) is 0 Å². The van der Waals surface area contributed by atoms with Crippen LogP contribution in [-0.2, 0) is 9.59 Å². The molecule has 0 atom stereocenters. The zero-order valence-electron chi connectivity index (χ0n) is 15.8. The summed E-state index contributed by atoms with van der Waals surface area (Å²) in [5.41, 5.74) is 0.522. The van der Waals surface area contributed by atoms with Crippen LogP contribution in [0.1, 0.15) is 19.4 Å². The van der Waals surface area contributed by atoms with Gasteiger partial charge in [0.05, 0.1) is 23.9 Å². The number of hydrogen-bond acceptors (Lipinski definition) is 6. The molecular weight excluding hydrogens is 398 g/mol. The van der Waals surface area contributed by atoms with E-state index in [4.69, 9.17) is 21.1 Å². The van der Waals surface area contributed by atoms with E-state index in [2.05, 4.69) is 10.3 Å². The van der Waals surface area contributed by atoms with E-state index in [9.17, 15) is 14.4 Å². The van der Waals surface area contributed by atoms with E-state index >= 15 is 0 Å². The average molecular weight is 416 g/mol. The number of pyridine rings is 1. The zero-order valence-corrected chi connectivity index (χ0v) is 16.5. The van der Waals surface area contributed by atoms with Crippen LogP contribution in [-0.4, -0.2) is 36.0 Å². The van der Waals surface area contributed by atoms with E-state index in [1.807, 2.05) is 13.8 Å². The quantitative estimate of drug-likeness (QED) is 0.574. The average Bonchev–Trinajstić information content (AvgIpc) is 2.69. The Bertz CT molecular complexity index is 991. The van der Waals surface area contributed by atoms with Crippen molar-refractivity contribution in [3.8, 4) is 11.5 Å². The summed E-state index contributed by atoms with van der Waals surface area (Å²) in [6.45, 7) is 4.40. The maximum atomic E-state index is 12.9. The summed E-state index contributed by atoms with van der Waals surface area (Å²) in [4.78, 5) is 42.1. The number of hydrogen-bond donors (Lipinski definition) is 1. The van der Waals surface area contributed by atoms with Crippen molar-refractivity contribution in [2.45, 2.75) is 13.8 Å². The molecule has 0 aliphatic carbocycles. The van der Waals surface area contributed by atoms with Gasteiger partial charge in [-0.15, -0.1) is 0 Å². The fourth-order valence-corrected chi connectivity index (χ4v) is 3.04. The number of anilines is 1. The number of urea groups is 1. The first-order chi connectivity index (χ1) is 14.0. The van der Waals surface area contributed by atoms with Gasteiger partial charge in [-0.2, -0.15) is 0 Å². The van der Waals surface area contributed by atoms with Gasteiger partial charge in [-0.1, -0.05) is 11.6 Å². The predicted molar refractivity (Wildman–Crippen MR) is 107 cm³/mol. The second-order valence-electron chi connectivity index (χ2n) is 5.86. The van der Waals surface area contributed by atoms with Gasteiger partial charge < -0.3 is 9.47 Å². The van der Waals surface area contributed by atoms with Gasteiger partial charge in [0.25, 0.3) is 11.8 Å². The standard InChI is InChI=1S/C20H18ClN3O5/c1-3-28-16-11-12(10-15(21)17(16)29-4-2)9-14-18(25)23-20(27)24(19(14)26)13-5-7-22-8-6-13/h5-11H,3-4H2,1-2H3,(H,23,25,27)/b14-9+. The predicted octanol–water partition coefficient (Wildman–Crippen LogP) is 3.20. The Morgan fingerprint density at radius 2 is 1.79 bits per heavy atom. The lowest BCUT2D eigenvalue weighted by molar-refractivity contribution is -0.122. The summed E-state index contributed by atoms with van der Waals surface area (Å²) in [6, 6.07) is 5.32. The van der Waals surface area contributed by atoms with Crippen LogP contribution < -0.4 is 19.7 Å². The molecule has 1 N–H and O–H groups in total. The van der Waals surface area contributed by atoms with E-state index in [1.54, 1.807) is 12.1 Å². The van der Waals surface area contributed by atoms with E-state index in [0.29, 0.717) is 36.0 Å². The molecule has 0 radical (unpaired) electrons. The van der Waals surface area contributed by atoms with Crippen molar-refractivity contribution in [1.82, 2.24) is 10.3 Å². The number of carbonyl (C=O) groups excluding carboxylic acids is 3. The number of nitrogens with zero attached hydrogens (tertiary/aromatic N) is 2. The summed E-state index contributed by atoms with van der Waals surface area (Å²) in [5, 5.41) is 2.44. The van der Waals surface area contributed by atoms with E-state index in [1.165, 1.54) is 30.6 Å². The highest BCUT2D eigenvalue weighted by Gasteiger charge is 2.36. The summed E-state index contributed by atoms with van der Waals surface area (Å²) >= 11 is 6.30. The van der Waals surface area contributed by atoms with Crippen LogP contribution >= 0.6 is 11.6 Å². The van der Waals surface area contributed by atoms with Gasteiger partial charge in [-0.05, 0) is 49.8 Å². The van der Waals surface area contributed by atoms with Crippen molar-refractivity contribution in [2.75, 3.05) is 18.1 Å². The minimum atomic E-state index is -0.830. The summed E-state index contributed by atoms with van der Waals surface area (Å²) < 4.78 is 11.1. The van der Waals surface area contributed by atoms with Crippen LogP contribution in [0.15, 0.2) is 42.2 Å². The molecule has 1 saturated heterocycles. The third kappa shape index (κ3) is 4.22. The normalized spacial score (nSPS) is 15.5. The Morgan fingerprint density at radius 1 is 1.10 bits per heavy atom. The number of benzene rings is 1. The molecule has 0 spiro atoms. The fourth-order valence-electron chi connectivity index (χ4n) is 2.77. The van der Waals surface area contributed by atoms with Gasteiger partial charge in [0.15, 0.2) is 11.5 Å². The van der Waals surface area contributed by atoms with Crippen molar-refractivity contribution < 1.29 is 23.9 Å². The maximum Gasteiger partial charge on any atom is 0.335 e. The lowest BCUT2D eigenvalue weighted by Crippen LogP contribution is -2.54. The number of nitrogens with one attached hydrogen (secondary N) is 1. The van der Waals surface area contributed by atoms with Crippen LogP contribution in [0, 0.1) is 0 Å². The lowest BCUT2D eigenvalue weighted by Gasteiger charge is -2.26. The molecule has 4 amide bonds. The number of ether oxygens (including phenoxy) is 2. The molecule has 1 aliphatic heterocycles. The van der Waals surface area contributed by atoms with Gasteiger partial charge in [-0.3, -0.25) is 19.9 Å². The molecule has 1 aliphatic rings. The smallest absolute Gasteiger partial charge is 0.335 e. The van der Waals surface area contributed by atoms with E-state index in [-0.39, 0.29) is 10.6 Å². The molecule has 1 aromatic carbocycles. The molecular formula is C20H18ClN3O5. The van der Waals surface area contributed by atoms with Crippen LogP contribution in [0.4, 0.5) is 10.5 Å². The first-order valence-corrected chi connectivity index (χ1v) is 9.24. The number of imide groups is 2. The first kappa shape index (κ1) is 20.3. The third-order valence-corrected chi connectivity index (χ3v) is 4.23. The highest BCUT2D eigenvalue weighted by molar-refractivity contribution is 6.39. The van der Waals surface area contributed by atoms with Crippen LogP contribution in [0.25, 0.3) is 6.08 Å². The molecule has 8 nitrogen and oxygen atoms in total. The Labute approximate surface area is 172 Å². The Hall–Kier alpha value is -3.39. The lowest BCUT2D eigenvalue weighted by atomic mass is 10.1. The molecule has 1 fully saturated rings. The van der Waals surface area contributed by atoms with Gasteiger partial charge in [0.1, 0.15) is 5.57 Å². The molecule has 0 saturated carbocycles. The third-order valence-electron chi connectivity index (χ3n) is 3.95. The molecule has 2 aromatic rings. The van der Waals surface area contributed by atoms with Gasteiger partial charge in [-0.25, -0.2) is 9.69 Å². The number of halogens is 1. The topological polar surface area (TPSA) is 97.8 Å². The van der Waals surface area contributed by atoms with Gasteiger partial charge in [0, 0.05) is 12.4 Å². The number of carbonyl (C=O) groups is 3. The van der Waals surface area contributed by atoms with Crippen molar-refractivity contribution in [3.05, 3.63) is 52.8 Å². The Morgan fingerprint density at radius 3 is 2.45 bits per heavy atom. The minimum absolute atomic E-state index is 0.218. The summed E-state index contributed by atoms with van der Waals surface area (Å²) in [6.07, 6.45) is 4.23. The minimum Gasteiger partial charge on any atom is -0.490 e.